The summed E-state index contributed by atoms with van der Waals surface area (Å²) in [7, 11) is 0. The highest BCUT2D eigenvalue weighted by Gasteiger charge is 2.34. The third kappa shape index (κ3) is 1.64. The second-order valence-electron chi connectivity index (χ2n) is 4.61. The van der Waals surface area contributed by atoms with E-state index in [-0.39, 0.29) is 17.4 Å². The number of hydrogen-bond acceptors (Lipinski definition) is 2. The molecule has 1 aromatic rings. The first-order chi connectivity index (χ1) is 7.74. The van der Waals surface area contributed by atoms with E-state index in [0.29, 0.717) is 6.54 Å². The predicted molar refractivity (Wildman–Crippen MR) is 58.9 cm³/mol. The Morgan fingerprint density at radius 2 is 2.19 bits per heavy atom. The third-order valence-electron chi connectivity index (χ3n) is 3.33. The molecule has 1 saturated carbocycles. The molecule has 0 radical (unpaired) electrons. The maximum atomic E-state index is 11.9. The lowest BCUT2D eigenvalue weighted by molar-refractivity contribution is -0.133. The number of carbonyl (C=O) groups excluding carboxylic acids is 1. The van der Waals surface area contributed by atoms with Crippen molar-refractivity contribution in [3.8, 4) is 0 Å². The van der Waals surface area contributed by atoms with Crippen LogP contribution in [0.25, 0.3) is 0 Å². The van der Waals surface area contributed by atoms with Crippen LogP contribution in [0.4, 0.5) is 0 Å². The summed E-state index contributed by atoms with van der Waals surface area (Å²) >= 11 is 0. The van der Waals surface area contributed by atoms with Crippen molar-refractivity contribution in [1.82, 2.24) is 9.88 Å². The molecule has 1 aliphatic heterocycles. The SMILES string of the molecule is O=C(C1CC1)N1CCc2[nH]c(=O)ccc2C1. The molecule has 1 aliphatic carbocycles. The highest BCUT2D eigenvalue weighted by Crippen LogP contribution is 2.32. The van der Waals surface area contributed by atoms with Crippen LogP contribution in [0.3, 0.4) is 0 Å². The summed E-state index contributed by atoms with van der Waals surface area (Å²) in [6, 6.07) is 3.37. The van der Waals surface area contributed by atoms with Gasteiger partial charge in [-0.05, 0) is 18.4 Å². The number of nitrogens with zero attached hydrogens (tertiary/aromatic N) is 1. The Labute approximate surface area is 93.3 Å². The molecule has 4 nitrogen and oxygen atoms in total. The molecular formula is C12H14N2O2. The summed E-state index contributed by atoms with van der Waals surface area (Å²) in [5.41, 5.74) is 2.02. The molecular weight excluding hydrogens is 204 g/mol. The van der Waals surface area contributed by atoms with E-state index in [2.05, 4.69) is 4.98 Å². The number of pyridine rings is 1. The lowest BCUT2D eigenvalue weighted by Gasteiger charge is -2.28. The number of carbonyl (C=O) groups is 1. The molecule has 0 spiro atoms. The number of rotatable bonds is 1. The van der Waals surface area contributed by atoms with Crippen molar-refractivity contribution in [3.63, 3.8) is 0 Å². The van der Waals surface area contributed by atoms with Crippen molar-refractivity contribution < 1.29 is 4.79 Å². The summed E-state index contributed by atoms with van der Waals surface area (Å²) in [6.45, 7) is 1.39. The Bertz CT molecular complexity index is 488. The molecule has 0 aromatic carbocycles. The molecule has 0 saturated heterocycles. The maximum Gasteiger partial charge on any atom is 0.248 e. The van der Waals surface area contributed by atoms with Gasteiger partial charge < -0.3 is 9.88 Å². The van der Waals surface area contributed by atoms with E-state index in [0.717, 1.165) is 37.1 Å². The first-order valence-electron chi connectivity index (χ1n) is 5.74. The van der Waals surface area contributed by atoms with Crippen molar-refractivity contribution >= 4 is 5.91 Å². The van der Waals surface area contributed by atoms with Gasteiger partial charge in [-0.15, -0.1) is 0 Å². The van der Waals surface area contributed by atoms with Crippen LogP contribution >= 0.6 is 0 Å². The van der Waals surface area contributed by atoms with Crippen LogP contribution in [0.15, 0.2) is 16.9 Å². The van der Waals surface area contributed by atoms with Crippen molar-refractivity contribution in [2.24, 2.45) is 5.92 Å². The van der Waals surface area contributed by atoms with Crippen LogP contribution in [0.5, 0.6) is 0 Å². The minimum atomic E-state index is -0.0549. The molecule has 0 unspecified atom stereocenters. The lowest BCUT2D eigenvalue weighted by atomic mass is 10.1. The molecule has 2 heterocycles. The smallest absolute Gasteiger partial charge is 0.248 e. The summed E-state index contributed by atoms with van der Waals surface area (Å²) in [5, 5.41) is 0. The van der Waals surface area contributed by atoms with Crippen molar-refractivity contribution in [1.29, 1.82) is 0 Å². The molecule has 4 heteroatoms. The lowest BCUT2D eigenvalue weighted by Crippen LogP contribution is -2.37. The minimum absolute atomic E-state index is 0.0549. The van der Waals surface area contributed by atoms with E-state index in [9.17, 15) is 9.59 Å². The van der Waals surface area contributed by atoms with Gasteiger partial charge in [0.25, 0.3) is 0 Å². The van der Waals surface area contributed by atoms with E-state index in [1.807, 2.05) is 11.0 Å². The van der Waals surface area contributed by atoms with Crippen LogP contribution in [0, 0.1) is 5.92 Å². The molecule has 16 heavy (non-hydrogen) atoms. The number of aromatic nitrogens is 1. The Morgan fingerprint density at radius 3 is 2.94 bits per heavy atom. The second-order valence-corrected chi connectivity index (χ2v) is 4.61. The van der Waals surface area contributed by atoms with Crippen molar-refractivity contribution in [3.05, 3.63) is 33.7 Å². The summed E-state index contributed by atoms with van der Waals surface area (Å²) in [6.07, 6.45) is 2.87. The van der Waals surface area contributed by atoms with Gasteiger partial charge in [0.15, 0.2) is 0 Å². The van der Waals surface area contributed by atoms with E-state index in [1.54, 1.807) is 0 Å². The zero-order chi connectivity index (χ0) is 11.1. The maximum absolute atomic E-state index is 11.9. The number of aromatic amines is 1. The first kappa shape index (κ1) is 9.63. The van der Waals surface area contributed by atoms with Gasteiger partial charge in [0.1, 0.15) is 0 Å². The number of fused-ring (bicyclic) bond motifs is 1. The Kier molecular flexibility index (Phi) is 2.09. The minimum Gasteiger partial charge on any atom is -0.338 e. The van der Waals surface area contributed by atoms with E-state index in [1.165, 1.54) is 6.07 Å². The van der Waals surface area contributed by atoms with Gasteiger partial charge in [0, 0.05) is 37.2 Å². The second kappa shape index (κ2) is 3.47. The first-order valence-corrected chi connectivity index (χ1v) is 5.74. The molecule has 84 valence electrons. The molecule has 3 rings (SSSR count). The molecule has 2 aliphatic rings. The predicted octanol–water partition coefficient (Wildman–Crippen LogP) is 0.670. The van der Waals surface area contributed by atoms with Gasteiger partial charge >= 0.3 is 0 Å². The fourth-order valence-electron chi connectivity index (χ4n) is 2.23. The molecule has 0 bridgehead atoms. The monoisotopic (exact) mass is 218 g/mol. The summed E-state index contributed by atoms with van der Waals surface area (Å²) in [4.78, 5) is 27.8. The zero-order valence-corrected chi connectivity index (χ0v) is 9.03. The van der Waals surface area contributed by atoms with Crippen LogP contribution in [0.2, 0.25) is 0 Å². The normalized spacial score (nSPS) is 19.4. The van der Waals surface area contributed by atoms with Gasteiger partial charge in [-0.25, -0.2) is 0 Å². The van der Waals surface area contributed by atoms with Gasteiger partial charge in [0.2, 0.25) is 11.5 Å². The molecule has 1 fully saturated rings. The highest BCUT2D eigenvalue weighted by molar-refractivity contribution is 5.81. The van der Waals surface area contributed by atoms with Crippen LogP contribution < -0.4 is 5.56 Å². The van der Waals surface area contributed by atoms with E-state index in [4.69, 9.17) is 0 Å². The topological polar surface area (TPSA) is 53.2 Å². The van der Waals surface area contributed by atoms with E-state index < -0.39 is 0 Å². The largest absolute Gasteiger partial charge is 0.338 e. The Morgan fingerprint density at radius 1 is 1.38 bits per heavy atom. The van der Waals surface area contributed by atoms with Crippen LogP contribution in [0.1, 0.15) is 24.1 Å². The molecule has 1 N–H and O–H groups in total. The van der Waals surface area contributed by atoms with Crippen molar-refractivity contribution in [2.75, 3.05) is 6.54 Å². The van der Waals surface area contributed by atoms with Gasteiger partial charge in [0.05, 0.1) is 0 Å². The zero-order valence-electron chi connectivity index (χ0n) is 9.03. The standard InChI is InChI=1S/C12H14N2O2/c15-11-4-3-9-7-14(6-5-10(9)13-11)12(16)8-1-2-8/h3-4,8H,1-2,5-7H2,(H,13,15). The average Bonchev–Trinajstić information content (AvgIpc) is 3.11. The van der Waals surface area contributed by atoms with Crippen LogP contribution in [-0.2, 0) is 17.8 Å². The number of H-pyrrole nitrogens is 1. The third-order valence-corrected chi connectivity index (χ3v) is 3.33. The quantitative estimate of drug-likeness (QED) is 0.753. The Hall–Kier alpha value is -1.58. The number of amides is 1. The van der Waals surface area contributed by atoms with E-state index >= 15 is 0 Å². The average molecular weight is 218 g/mol. The molecule has 1 aromatic heterocycles. The number of hydrogen-bond donors (Lipinski definition) is 1. The van der Waals surface area contributed by atoms with Gasteiger partial charge in [-0.3, -0.25) is 9.59 Å². The Balaban J connectivity index is 1.83. The van der Waals surface area contributed by atoms with Gasteiger partial charge in [-0.2, -0.15) is 0 Å². The summed E-state index contributed by atoms with van der Waals surface area (Å²) in [5.74, 6) is 0.571. The van der Waals surface area contributed by atoms with Gasteiger partial charge in [-0.1, -0.05) is 6.07 Å². The fourth-order valence-corrected chi connectivity index (χ4v) is 2.23. The van der Waals surface area contributed by atoms with Crippen LogP contribution in [-0.4, -0.2) is 22.3 Å². The summed E-state index contributed by atoms with van der Waals surface area (Å²) < 4.78 is 0. The van der Waals surface area contributed by atoms with Crippen molar-refractivity contribution in [2.45, 2.75) is 25.8 Å². The fraction of sp³-hybridized carbons (Fsp3) is 0.500. The highest BCUT2D eigenvalue weighted by atomic mass is 16.2. The molecule has 1 amide bonds. The number of nitrogens with one attached hydrogen (secondary N) is 1. The molecule has 0 atom stereocenters.